The van der Waals surface area contributed by atoms with Crippen molar-refractivity contribution in [2.24, 2.45) is 11.3 Å². The van der Waals surface area contributed by atoms with Crippen molar-refractivity contribution in [1.29, 1.82) is 0 Å². The van der Waals surface area contributed by atoms with Crippen molar-refractivity contribution in [3.8, 4) is 5.75 Å². The number of furan rings is 1. The summed E-state index contributed by atoms with van der Waals surface area (Å²) in [5.41, 5.74) is 1.09. The highest BCUT2D eigenvalue weighted by Gasteiger charge is 2.23. The maximum Gasteiger partial charge on any atom is 0.176 e. The Bertz CT molecular complexity index is 598. The Hall–Kier alpha value is -1.48. The molecule has 0 bridgehead atoms. The molecule has 1 unspecified atom stereocenters. The van der Waals surface area contributed by atoms with Crippen molar-refractivity contribution in [2.75, 3.05) is 13.7 Å². The molecule has 2 aromatic rings. The van der Waals surface area contributed by atoms with E-state index in [0.29, 0.717) is 5.92 Å². The third-order valence-corrected chi connectivity index (χ3v) is 4.60. The van der Waals surface area contributed by atoms with Gasteiger partial charge in [0.15, 0.2) is 11.3 Å². The van der Waals surface area contributed by atoms with E-state index < -0.39 is 0 Å². The molecule has 2 rings (SSSR count). The third-order valence-electron chi connectivity index (χ3n) is 4.60. The van der Waals surface area contributed by atoms with E-state index in [1.165, 1.54) is 0 Å². The van der Waals surface area contributed by atoms with Crippen LogP contribution < -0.4 is 10.1 Å². The van der Waals surface area contributed by atoms with E-state index in [1.807, 2.05) is 12.1 Å². The smallest absolute Gasteiger partial charge is 0.176 e. The number of fused-ring (bicyclic) bond motifs is 1. The molecule has 0 saturated carbocycles. The van der Waals surface area contributed by atoms with E-state index in [2.05, 4.69) is 52.1 Å². The number of methoxy groups -OCH3 is 1. The summed E-state index contributed by atoms with van der Waals surface area (Å²) in [7, 11) is 1.67. The molecule has 1 aromatic carbocycles. The predicted octanol–water partition coefficient (Wildman–Crippen LogP) is 4.77. The van der Waals surface area contributed by atoms with Crippen LogP contribution >= 0.6 is 0 Å². The molecule has 1 heterocycles. The molecule has 0 aliphatic carbocycles. The van der Waals surface area contributed by atoms with Gasteiger partial charge < -0.3 is 14.5 Å². The highest BCUT2D eigenvalue weighted by molar-refractivity contribution is 5.83. The molecule has 21 heavy (non-hydrogen) atoms. The quantitative estimate of drug-likeness (QED) is 0.831. The molecular formula is C18H27NO2. The van der Waals surface area contributed by atoms with Gasteiger partial charge in [-0.15, -0.1) is 0 Å². The molecule has 0 aliphatic heterocycles. The van der Waals surface area contributed by atoms with Gasteiger partial charge >= 0.3 is 0 Å². The van der Waals surface area contributed by atoms with E-state index in [9.17, 15) is 0 Å². The van der Waals surface area contributed by atoms with Crippen LogP contribution in [0.15, 0.2) is 28.7 Å². The SMILES string of the molecule is COc1cccc2cc(C(C)NCC(C)(C)C(C)C)oc12. The van der Waals surface area contributed by atoms with E-state index in [1.54, 1.807) is 7.11 Å². The van der Waals surface area contributed by atoms with Crippen LogP contribution in [0.1, 0.15) is 46.4 Å². The Morgan fingerprint density at radius 2 is 1.95 bits per heavy atom. The fourth-order valence-corrected chi connectivity index (χ4v) is 2.15. The van der Waals surface area contributed by atoms with Crippen LogP contribution in [0.2, 0.25) is 0 Å². The monoisotopic (exact) mass is 289 g/mol. The number of hydrogen-bond donors (Lipinski definition) is 1. The zero-order chi connectivity index (χ0) is 15.6. The van der Waals surface area contributed by atoms with Crippen LogP contribution in [-0.2, 0) is 0 Å². The highest BCUT2D eigenvalue weighted by Crippen LogP contribution is 2.31. The minimum absolute atomic E-state index is 0.181. The molecule has 0 radical (unpaired) electrons. The number of ether oxygens (including phenoxy) is 1. The van der Waals surface area contributed by atoms with Gasteiger partial charge in [0.25, 0.3) is 0 Å². The van der Waals surface area contributed by atoms with Crippen molar-refractivity contribution < 1.29 is 9.15 Å². The van der Waals surface area contributed by atoms with Gasteiger partial charge in [-0.3, -0.25) is 0 Å². The predicted molar refractivity (Wildman–Crippen MR) is 87.8 cm³/mol. The van der Waals surface area contributed by atoms with E-state index in [0.717, 1.165) is 29.0 Å². The molecule has 1 aromatic heterocycles. The van der Waals surface area contributed by atoms with Crippen molar-refractivity contribution in [2.45, 2.75) is 40.7 Å². The number of rotatable bonds is 6. The maximum absolute atomic E-state index is 5.99. The average Bonchev–Trinajstić information content (AvgIpc) is 2.88. The molecule has 116 valence electrons. The van der Waals surface area contributed by atoms with Crippen molar-refractivity contribution in [3.63, 3.8) is 0 Å². The summed E-state index contributed by atoms with van der Waals surface area (Å²) in [6.45, 7) is 12.2. The molecule has 0 amide bonds. The largest absolute Gasteiger partial charge is 0.493 e. The molecule has 0 aliphatic rings. The second-order valence-electron chi connectivity index (χ2n) is 6.77. The van der Waals surface area contributed by atoms with Gasteiger partial charge in [-0.25, -0.2) is 0 Å². The fourth-order valence-electron chi connectivity index (χ4n) is 2.15. The normalized spacial score (nSPS) is 13.9. The molecule has 3 nitrogen and oxygen atoms in total. The number of benzene rings is 1. The number of nitrogens with one attached hydrogen (secondary N) is 1. The molecule has 1 atom stereocenters. The lowest BCUT2D eigenvalue weighted by Gasteiger charge is -2.30. The molecular weight excluding hydrogens is 262 g/mol. The minimum atomic E-state index is 0.181. The summed E-state index contributed by atoms with van der Waals surface area (Å²) in [4.78, 5) is 0. The summed E-state index contributed by atoms with van der Waals surface area (Å²) in [5, 5.41) is 4.67. The van der Waals surface area contributed by atoms with Gasteiger partial charge in [0, 0.05) is 11.9 Å². The summed E-state index contributed by atoms with van der Waals surface area (Å²) in [6, 6.07) is 8.24. The van der Waals surface area contributed by atoms with Crippen molar-refractivity contribution >= 4 is 11.0 Å². The van der Waals surface area contributed by atoms with Gasteiger partial charge in [0.05, 0.1) is 13.2 Å². The first-order valence-corrected chi connectivity index (χ1v) is 7.65. The summed E-state index contributed by atoms with van der Waals surface area (Å²) in [5.74, 6) is 2.37. The van der Waals surface area contributed by atoms with Crippen molar-refractivity contribution in [1.82, 2.24) is 5.32 Å². The zero-order valence-corrected chi connectivity index (χ0v) is 14.0. The first-order chi connectivity index (χ1) is 9.85. The molecule has 0 spiro atoms. The molecule has 0 fully saturated rings. The third kappa shape index (κ3) is 3.41. The van der Waals surface area contributed by atoms with Crippen LogP contribution in [0, 0.1) is 11.3 Å². The topological polar surface area (TPSA) is 34.4 Å². The Morgan fingerprint density at radius 3 is 2.57 bits per heavy atom. The Balaban J connectivity index is 2.15. The molecule has 3 heteroatoms. The zero-order valence-electron chi connectivity index (χ0n) is 14.0. The van der Waals surface area contributed by atoms with Crippen LogP contribution in [-0.4, -0.2) is 13.7 Å². The molecule has 0 saturated heterocycles. The number of para-hydroxylation sites is 1. The van der Waals surface area contributed by atoms with Crippen molar-refractivity contribution in [3.05, 3.63) is 30.0 Å². The Kier molecular flexibility index (Phi) is 4.62. The van der Waals surface area contributed by atoms with Gasteiger partial charge in [-0.2, -0.15) is 0 Å². The summed E-state index contributed by atoms with van der Waals surface area (Å²) >= 11 is 0. The van der Waals surface area contributed by atoms with Gasteiger partial charge in [0.2, 0.25) is 0 Å². The molecule has 1 N–H and O–H groups in total. The van der Waals surface area contributed by atoms with Gasteiger partial charge in [-0.05, 0) is 30.4 Å². The minimum Gasteiger partial charge on any atom is -0.493 e. The van der Waals surface area contributed by atoms with Crippen LogP contribution in [0.25, 0.3) is 11.0 Å². The second-order valence-corrected chi connectivity index (χ2v) is 6.77. The van der Waals surface area contributed by atoms with Gasteiger partial charge in [-0.1, -0.05) is 39.8 Å². The van der Waals surface area contributed by atoms with Crippen LogP contribution in [0.4, 0.5) is 0 Å². The van der Waals surface area contributed by atoms with E-state index in [4.69, 9.17) is 9.15 Å². The maximum atomic E-state index is 5.99. The second kappa shape index (κ2) is 6.10. The lowest BCUT2D eigenvalue weighted by atomic mass is 9.81. The highest BCUT2D eigenvalue weighted by atomic mass is 16.5. The first-order valence-electron chi connectivity index (χ1n) is 7.65. The lowest BCUT2D eigenvalue weighted by molar-refractivity contribution is 0.226. The lowest BCUT2D eigenvalue weighted by Crippen LogP contribution is -2.34. The van der Waals surface area contributed by atoms with E-state index >= 15 is 0 Å². The van der Waals surface area contributed by atoms with Crippen LogP contribution in [0.3, 0.4) is 0 Å². The first kappa shape index (κ1) is 15.9. The Morgan fingerprint density at radius 1 is 1.24 bits per heavy atom. The standard InChI is InChI=1S/C18H27NO2/c1-12(2)18(4,5)11-19-13(3)16-10-14-8-7-9-15(20-6)17(14)21-16/h7-10,12-13,19H,11H2,1-6H3. The number of hydrogen-bond acceptors (Lipinski definition) is 3. The van der Waals surface area contributed by atoms with E-state index in [-0.39, 0.29) is 11.5 Å². The summed E-state index contributed by atoms with van der Waals surface area (Å²) in [6.07, 6.45) is 0. The average molecular weight is 289 g/mol. The fraction of sp³-hybridized carbons (Fsp3) is 0.556. The van der Waals surface area contributed by atoms with Crippen LogP contribution in [0.5, 0.6) is 5.75 Å². The summed E-state index contributed by atoms with van der Waals surface area (Å²) < 4.78 is 11.3. The van der Waals surface area contributed by atoms with Gasteiger partial charge in [0.1, 0.15) is 5.76 Å². The Labute approximate surface area is 127 Å².